The van der Waals surface area contributed by atoms with Crippen LogP contribution in [0.5, 0.6) is 0 Å². The van der Waals surface area contributed by atoms with Gasteiger partial charge in [-0.1, -0.05) is 29.8 Å². The fourth-order valence-electron chi connectivity index (χ4n) is 2.07. The van der Waals surface area contributed by atoms with Gasteiger partial charge in [0.2, 0.25) is 9.84 Å². The molecule has 7 heteroatoms. The van der Waals surface area contributed by atoms with E-state index in [2.05, 4.69) is 5.10 Å². The molecule has 2 aromatic carbocycles. The van der Waals surface area contributed by atoms with E-state index in [1.54, 1.807) is 12.1 Å². The highest BCUT2D eigenvalue weighted by Gasteiger charge is 2.24. The molecule has 112 valence electrons. The Morgan fingerprint density at radius 2 is 1.64 bits per heavy atom. The second-order valence-electron chi connectivity index (χ2n) is 4.60. The fraction of sp³-hybridized carbons (Fsp3) is 0. The van der Waals surface area contributed by atoms with Gasteiger partial charge < -0.3 is 5.73 Å². The van der Waals surface area contributed by atoms with Crippen molar-refractivity contribution >= 4 is 27.3 Å². The number of anilines is 1. The molecule has 3 rings (SSSR count). The summed E-state index contributed by atoms with van der Waals surface area (Å²) in [6, 6.07) is 15.0. The smallest absolute Gasteiger partial charge is 0.211 e. The van der Waals surface area contributed by atoms with Crippen LogP contribution in [0.3, 0.4) is 0 Å². The van der Waals surface area contributed by atoms with Crippen LogP contribution in [0.2, 0.25) is 5.02 Å². The van der Waals surface area contributed by atoms with Gasteiger partial charge in [0.25, 0.3) is 0 Å². The van der Waals surface area contributed by atoms with E-state index in [1.165, 1.54) is 35.1 Å². The maximum atomic E-state index is 12.6. The summed E-state index contributed by atoms with van der Waals surface area (Å²) >= 11 is 5.79. The van der Waals surface area contributed by atoms with Gasteiger partial charge in [-0.25, -0.2) is 13.1 Å². The van der Waals surface area contributed by atoms with Gasteiger partial charge in [-0.05, 0) is 36.4 Å². The number of hydrogen-bond donors (Lipinski definition) is 1. The van der Waals surface area contributed by atoms with Crippen LogP contribution >= 0.6 is 11.6 Å². The van der Waals surface area contributed by atoms with Crippen LogP contribution in [-0.2, 0) is 9.84 Å². The summed E-state index contributed by atoms with van der Waals surface area (Å²) in [5, 5.41) is 4.55. The van der Waals surface area contributed by atoms with Gasteiger partial charge in [0.1, 0.15) is 10.7 Å². The van der Waals surface area contributed by atoms with Crippen molar-refractivity contribution < 1.29 is 8.42 Å². The quantitative estimate of drug-likeness (QED) is 0.799. The van der Waals surface area contributed by atoms with E-state index >= 15 is 0 Å². The van der Waals surface area contributed by atoms with E-state index in [0.717, 1.165) is 0 Å². The van der Waals surface area contributed by atoms with Crippen molar-refractivity contribution in [1.82, 2.24) is 9.78 Å². The summed E-state index contributed by atoms with van der Waals surface area (Å²) in [4.78, 5) is 0.0925. The van der Waals surface area contributed by atoms with Crippen molar-refractivity contribution in [3.8, 4) is 5.69 Å². The predicted octanol–water partition coefficient (Wildman–Crippen LogP) is 2.94. The zero-order chi connectivity index (χ0) is 15.7. The Hall–Kier alpha value is -2.31. The van der Waals surface area contributed by atoms with E-state index in [-0.39, 0.29) is 15.6 Å². The van der Waals surface area contributed by atoms with Crippen molar-refractivity contribution in [1.29, 1.82) is 0 Å². The highest BCUT2D eigenvalue weighted by Crippen LogP contribution is 2.28. The molecule has 1 heterocycles. The van der Waals surface area contributed by atoms with Crippen molar-refractivity contribution in [2.24, 2.45) is 0 Å². The molecule has 0 saturated heterocycles. The largest absolute Gasteiger partial charge is 0.382 e. The molecule has 0 radical (unpaired) electrons. The minimum absolute atomic E-state index is 0.0290. The van der Waals surface area contributed by atoms with Crippen molar-refractivity contribution in [2.75, 3.05) is 5.73 Å². The molecular weight excluding hydrogens is 322 g/mol. The second kappa shape index (κ2) is 5.47. The second-order valence-corrected chi connectivity index (χ2v) is 6.95. The van der Waals surface area contributed by atoms with Crippen molar-refractivity contribution in [3.05, 3.63) is 65.8 Å². The molecule has 0 atom stereocenters. The molecule has 0 aliphatic carbocycles. The minimum atomic E-state index is -3.74. The van der Waals surface area contributed by atoms with Crippen LogP contribution < -0.4 is 5.73 Å². The topological polar surface area (TPSA) is 78.0 Å². The number of nitrogen functional groups attached to an aromatic ring is 1. The van der Waals surface area contributed by atoms with Crippen LogP contribution in [0.1, 0.15) is 0 Å². The highest BCUT2D eigenvalue weighted by atomic mass is 35.5. The van der Waals surface area contributed by atoms with Gasteiger partial charge in [-0.2, -0.15) is 5.10 Å². The van der Waals surface area contributed by atoms with Crippen molar-refractivity contribution in [3.63, 3.8) is 0 Å². The van der Waals surface area contributed by atoms with Gasteiger partial charge in [0, 0.05) is 5.02 Å². The Morgan fingerprint density at radius 1 is 1.00 bits per heavy atom. The average Bonchev–Trinajstić information content (AvgIpc) is 2.91. The molecule has 0 fully saturated rings. The lowest BCUT2D eigenvalue weighted by atomic mass is 10.3. The summed E-state index contributed by atoms with van der Waals surface area (Å²) in [5.74, 6) is 0.0705. The molecule has 0 saturated carbocycles. The van der Waals surface area contributed by atoms with E-state index in [4.69, 9.17) is 17.3 Å². The zero-order valence-electron chi connectivity index (χ0n) is 11.3. The summed E-state index contributed by atoms with van der Waals surface area (Å²) in [6.45, 7) is 0. The number of hydrogen-bond acceptors (Lipinski definition) is 4. The number of benzene rings is 2. The lowest BCUT2D eigenvalue weighted by Crippen LogP contribution is -2.07. The zero-order valence-corrected chi connectivity index (χ0v) is 12.9. The molecule has 3 aromatic rings. The Balaban J connectivity index is 2.10. The summed E-state index contributed by atoms with van der Waals surface area (Å²) in [5.41, 5.74) is 6.68. The third-order valence-electron chi connectivity index (χ3n) is 3.19. The predicted molar refractivity (Wildman–Crippen MR) is 84.9 cm³/mol. The van der Waals surface area contributed by atoms with E-state index < -0.39 is 9.84 Å². The van der Waals surface area contributed by atoms with Gasteiger partial charge in [0.15, 0.2) is 0 Å². The monoisotopic (exact) mass is 333 g/mol. The molecule has 0 unspecified atom stereocenters. The third-order valence-corrected chi connectivity index (χ3v) is 5.22. The molecule has 0 aliphatic heterocycles. The molecule has 1 aromatic heterocycles. The first-order valence-corrected chi connectivity index (χ1v) is 8.26. The van der Waals surface area contributed by atoms with E-state index in [0.29, 0.717) is 10.7 Å². The molecular formula is C15H12ClN3O2S. The standard InChI is InChI=1S/C15H12ClN3O2S/c16-11-6-8-13(9-7-11)22(20,21)14-10-18-19(15(14)17)12-4-2-1-3-5-12/h1-10H,17H2. The van der Waals surface area contributed by atoms with Gasteiger partial charge in [0.05, 0.1) is 16.8 Å². The van der Waals surface area contributed by atoms with E-state index in [1.807, 2.05) is 18.2 Å². The average molecular weight is 334 g/mol. The lowest BCUT2D eigenvalue weighted by Gasteiger charge is -2.06. The molecule has 0 spiro atoms. The molecule has 0 aliphatic rings. The molecule has 0 amide bonds. The minimum Gasteiger partial charge on any atom is -0.382 e. The first-order chi connectivity index (χ1) is 10.5. The molecule has 22 heavy (non-hydrogen) atoms. The third kappa shape index (κ3) is 2.47. The van der Waals surface area contributed by atoms with E-state index in [9.17, 15) is 8.42 Å². The Labute approximate surface area is 132 Å². The van der Waals surface area contributed by atoms with Crippen LogP contribution in [-0.4, -0.2) is 18.2 Å². The maximum absolute atomic E-state index is 12.6. The number of sulfone groups is 1. The Morgan fingerprint density at radius 3 is 2.27 bits per heavy atom. The number of halogens is 1. The molecule has 5 nitrogen and oxygen atoms in total. The van der Waals surface area contributed by atoms with Crippen molar-refractivity contribution in [2.45, 2.75) is 9.79 Å². The highest BCUT2D eigenvalue weighted by molar-refractivity contribution is 7.91. The first kappa shape index (κ1) is 14.6. The summed E-state index contributed by atoms with van der Waals surface area (Å²) in [6.07, 6.45) is 1.26. The van der Waals surface area contributed by atoms with Crippen LogP contribution in [0.25, 0.3) is 5.69 Å². The van der Waals surface area contributed by atoms with Crippen LogP contribution in [0, 0.1) is 0 Å². The molecule has 0 bridgehead atoms. The van der Waals surface area contributed by atoms with Crippen LogP contribution in [0.15, 0.2) is 70.6 Å². The summed E-state index contributed by atoms with van der Waals surface area (Å²) < 4.78 is 26.7. The number of aromatic nitrogens is 2. The summed E-state index contributed by atoms with van der Waals surface area (Å²) in [7, 11) is -3.74. The van der Waals surface area contributed by atoms with Crippen LogP contribution in [0.4, 0.5) is 5.82 Å². The first-order valence-electron chi connectivity index (χ1n) is 6.40. The normalized spacial score (nSPS) is 11.5. The number of nitrogens with zero attached hydrogens (tertiary/aromatic N) is 2. The number of para-hydroxylation sites is 1. The van der Waals surface area contributed by atoms with Gasteiger partial charge >= 0.3 is 0 Å². The Bertz CT molecular complexity index is 904. The van der Waals surface area contributed by atoms with Gasteiger partial charge in [-0.15, -0.1) is 0 Å². The SMILES string of the molecule is Nc1c(S(=O)(=O)c2ccc(Cl)cc2)cnn1-c1ccccc1. The maximum Gasteiger partial charge on any atom is 0.211 e. The lowest BCUT2D eigenvalue weighted by molar-refractivity contribution is 0.596. The van der Waals surface area contributed by atoms with Gasteiger partial charge in [-0.3, -0.25) is 0 Å². The fourth-order valence-corrected chi connectivity index (χ4v) is 3.49. The number of nitrogens with two attached hydrogens (primary N) is 1. The number of rotatable bonds is 3. The Kier molecular flexibility index (Phi) is 3.64. The molecule has 2 N–H and O–H groups in total.